The van der Waals surface area contributed by atoms with Gasteiger partial charge in [-0.25, -0.2) is 14.2 Å². The van der Waals surface area contributed by atoms with Crippen molar-refractivity contribution in [2.45, 2.75) is 75.1 Å². The number of nitrogens with one attached hydrogen (secondary N) is 8. The summed E-state index contributed by atoms with van der Waals surface area (Å²) in [4.78, 5) is 68.2. The number of fused-ring (bicyclic) bond motifs is 1. The molecule has 3 unspecified atom stereocenters. The molecule has 2 aliphatic rings. The van der Waals surface area contributed by atoms with Gasteiger partial charge in [0, 0.05) is 86.2 Å². The maximum Gasteiger partial charge on any atom is 0.315 e. The first kappa shape index (κ1) is 56.3. The van der Waals surface area contributed by atoms with E-state index >= 15 is 0 Å². The first-order valence-electron chi connectivity index (χ1n) is 24.2. The summed E-state index contributed by atoms with van der Waals surface area (Å²) >= 11 is 1.89. The second-order valence-electron chi connectivity index (χ2n) is 16.5. The van der Waals surface area contributed by atoms with Gasteiger partial charge in [-0.1, -0.05) is 19.1 Å². The Morgan fingerprint density at radius 3 is 2.10 bits per heavy atom. The van der Waals surface area contributed by atoms with E-state index in [1.54, 1.807) is 30.3 Å². The average Bonchev–Trinajstić information content (AvgIpc) is 3.93. The molecule has 0 bridgehead atoms. The maximum absolute atomic E-state index is 14.9. The first-order valence-corrected chi connectivity index (χ1v) is 25.2. The van der Waals surface area contributed by atoms with Crippen LogP contribution in [0.4, 0.5) is 38.0 Å². The van der Waals surface area contributed by atoms with Gasteiger partial charge in [-0.2, -0.15) is 22.0 Å². The van der Waals surface area contributed by atoms with Gasteiger partial charge >= 0.3 is 6.03 Å². The molecule has 8 N–H and O–H groups in total. The molecule has 1 aromatic heterocycles. The molecular weight excluding hydrogens is 954 g/mol. The number of amides is 6. The van der Waals surface area contributed by atoms with E-state index < -0.39 is 5.82 Å². The predicted molar refractivity (Wildman–Crippen MR) is 270 cm³/mol. The highest BCUT2D eigenvalue weighted by Crippen LogP contribution is 2.33. The zero-order valence-corrected chi connectivity index (χ0v) is 41.2. The van der Waals surface area contributed by atoms with E-state index in [2.05, 4.69) is 59.1 Å². The highest BCUT2D eigenvalue weighted by molar-refractivity contribution is 8.00. The Bertz CT molecular complexity index is 2270. The predicted octanol–water partition coefficient (Wildman–Crippen LogP) is 4.57. The molecule has 0 spiro atoms. The second kappa shape index (κ2) is 32.4. The van der Waals surface area contributed by atoms with Crippen LogP contribution in [0.15, 0.2) is 61.3 Å². The lowest BCUT2D eigenvalue weighted by Crippen LogP contribution is -2.36. The van der Waals surface area contributed by atoms with Gasteiger partial charge in [-0.15, -0.1) is 0 Å². The molecule has 390 valence electrons. The van der Waals surface area contributed by atoms with Crippen molar-refractivity contribution in [1.82, 2.24) is 36.6 Å². The molecule has 21 nitrogen and oxygen atoms in total. The molecule has 2 aliphatic heterocycles. The molecule has 2 saturated heterocycles. The van der Waals surface area contributed by atoms with Crippen LogP contribution in [0.25, 0.3) is 0 Å². The molecule has 3 aromatic rings. The van der Waals surface area contributed by atoms with Crippen LogP contribution in [0, 0.1) is 17.1 Å². The van der Waals surface area contributed by atoms with E-state index in [0.29, 0.717) is 94.3 Å². The first-order chi connectivity index (χ1) is 35.1. The number of urea groups is 1. The lowest BCUT2D eigenvalue weighted by Gasteiger charge is -2.16. The van der Waals surface area contributed by atoms with Crippen LogP contribution in [0.5, 0.6) is 5.75 Å². The van der Waals surface area contributed by atoms with E-state index in [4.69, 9.17) is 23.7 Å². The summed E-state index contributed by atoms with van der Waals surface area (Å²) in [6, 6.07) is 13.4. The van der Waals surface area contributed by atoms with Gasteiger partial charge in [-0.05, 0) is 68.5 Å². The van der Waals surface area contributed by atoms with Crippen molar-refractivity contribution >= 4 is 70.3 Å². The van der Waals surface area contributed by atoms with Gasteiger partial charge in [-0.3, -0.25) is 19.2 Å². The SMILES string of the molecule is C=CC(=O)Nc1cccc(Nc2nc(Nc3ccc(OCCOCCNC(=O)CCCC(=O)NCCCOCCOCCOCCCNC(=O)CCCCC4SCC5NC(=O)NC54)c(F)c3)ncc2C#N)c1. The summed E-state index contributed by atoms with van der Waals surface area (Å²) in [7, 11) is 0. The number of thioether (sulfide) groups is 1. The molecule has 2 aromatic carbocycles. The number of unbranched alkanes of at least 4 members (excludes halogenated alkanes) is 1. The van der Waals surface area contributed by atoms with Gasteiger partial charge in [0.15, 0.2) is 17.4 Å². The van der Waals surface area contributed by atoms with E-state index in [1.807, 2.05) is 17.8 Å². The number of carbonyl (C=O) groups is 5. The summed E-state index contributed by atoms with van der Waals surface area (Å²) in [5.74, 6) is -0.0462. The third kappa shape index (κ3) is 21.4. The molecule has 0 radical (unpaired) electrons. The summed E-state index contributed by atoms with van der Waals surface area (Å²) in [6.07, 6.45) is 7.96. The highest BCUT2D eigenvalue weighted by Gasteiger charge is 2.42. The highest BCUT2D eigenvalue weighted by atomic mass is 32.2. The van der Waals surface area contributed by atoms with Crippen LogP contribution < -0.4 is 47.3 Å². The fourth-order valence-electron chi connectivity index (χ4n) is 7.32. The number of carbonyl (C=O) groups excluding carboxylic acids is 5. The van der Waals surface area contributed by atoms with Gasteiger partial charge in [0.2, 0.25) is 29.6 Å². The van der Waals surface area contributed by atoms with E-state index in [0.717, 1.165) is 37.5 Å². The second-order valence-corrected chi connectivity index (χ2v) is 17.8. The monoisotopic (exact) mass is 1020 g/mol. The Hall–Kier alpha value is -6.58. The Labute approximate surface area is 423 Å². The third-order valence-corrected chi connectivity index (χ3v) is 12.4. The van der Waals surface area contributed by atoms with E-state index in [-0.39, 0.29) is 104 Å². The van der Waals surface area contributed by atoms with Gasteiger partial charge in [0.1, 0.15) is 18.2 Å². The number of rotatable bonds is 36. The standard InChI is InChI=1S/C49H66FN11O10S/c1-2-42(62)56-35-9-5-10-36(29-35)57-47-34(31-51)32-55-48(61-47)58-37-15-16-40(38(50)30-37)71-28-27-69-22-19-54-45(65)14-6-13-44(64)53-18-8-21-68-24-26-70-25-23-67-20-7-17-52-43(63)12-4-3-11-41-46-39(33-72-41)59-49(66)60-46/h2,5,9-10,15-16,29-30,32,39,41,46H,1,3-4,6-8,11-14,17-28,33H2,(H,52,63)(H,53,64)(H,54,65)(H,56,62)(H2,59,60,66)(H2,55,57,58,61). The summed E-state index contributed by atoms with van der Waals surface area (Å²) in [5.41, 5.74) is 1.56. The fraction of sp³-hybridized carbons (Fsp3) is 0.510. The summed E-state index contributed by atoms with van der Waals surface area (Å²) < 4.78 is 42.5. The van der Waals surface area contributed by atoms with Crippen LogP contribution >= 0.6 is 11.8 Å². The third-order valence-electron chi connectivity index (χ3n) is 10.9. The molecule has 2 fully saturated rings. The molecule has 6 amide bonds. The minimum Gasteiger partial charge on any atom is -0.488 e. The minimum absolute atomic E-state index is 0.00552. The Morgan fingerprint density at radius 2 is 1.40 bits per heavy atom. The van der Waals surface area contributed by atoms with Crippen molar-refractivity contribution in [2.24, 2.45) is 0 Å². The van der Waals surface area contributed by atoms with Gasteiger partial charge < -0.3 is 66.2 Å². The fourth-order valence-corrected chi connectivity index (χ4v) is 8.86. The average molecular weight is 1020 g/mol. The van der Waals surface area contributed by atoms with Crippen molar-refractivity contribution in [3.8, 4) is 11.8 Å². The molecule has 72 heavy (non-hydrogen) atoms. The van der Waals surface area contributed by atoms with E-state index in [9.17, 15) is 33.6 Å². The number of ether oxygens (including phenoxy) is 5. The smallest absolute Gasteiger partial charge is 0.315 e. The number of hydrogen-bond acceptors (Lipinski definition) is 16. The molecule has 0 aliphatic carbocycles. The van der Waals surface area contributed by atoms with Crippen LogP contribution in [0.3, 0.4) is 0 Å². The number of hydrogen-bond donors (Lipinski definition) is 8. The zero-order valence-electron chi connectivity index (χ0n) is 40.4. The number of nitriles is 1. The van der Waals surface area contributed by atoms with Crippen molar-refractivity contribution in [2.75, 3.05) is 101 Å². The van der Waals surface area contributed by atoms with Crippen molar-refractivity contribution < 1.29 is 52.0 Å². The summed E-state index contributed by atoms with van der Waals surface area (Å²) in [5, 5.41) is 33.1. The van der Waals surface area contributed by atoms with Crippen molar-refractivity contribution in [3.63, 3.8) is 0 Å². The molecular formula is C49H66FN11O10S. The largest absolute Gasteiger partial charge is 0.488 e. The number of nitrogens with zero attached hydrogens (tertiary/aromatic N) is 3. The lowest BCUT2D eigenvalue weighted by molar-refractivity contribution is -0.123. The molecule has 0 saturated carbocycles. The topological polar surface area (TPSA) is 277 Å². The van der Waals surface area contributed by atoms with Gasteiger partial charge in [0.05, 0.1) is 57.9 Å². The molecule has 5 rings (SSSR count). The van der Waals surface area contributed by atoms with Crippen LogP contribution in [0.1, 0.15) is 63.4 Å². The van der Waals surface area contributed by atoms with Crippen LogP contribution in [0.2, 0.25) is 0 Å². The number of anilines is 5. The number of halogens is 1. The van der Waals surface area contributed by atoms with Crippen molar-refractivity contribution in [3.05, 3.63) is 72.7 Å². The van der Waals surface area contributed by atoms with Crippen LogP contribution in [-0.2, 0) is 38.1 Å². The minimum atomic E-state index is -0.637. The zero-order chi connectivity index (χ0) is 51.2. The lowest BCUT2D eigenvalue weighted by atomic mass is 10.0. The van der Waals surface area contributed by atoms with Crippen molar-refractivity contribution in [1.29, 1.82) is 5.26 Å². The Kier molecular flexibility index (Phi) is 25.4. The molecule has 23 heteroatoms. The summed E-state index contributed by atoms with van der Waals surface area (Å²) in [6.45, 7) is 7.93. The molecule has 3 heterocycles. The van der Waals surface area contributed by atoms with Crippen LogP contribution in [-0.4, -0.2) is 142 Å². The van der Waals surface area contributed by atoms with Gasteiger partial charge in [0.25, 0.3) is 0 Å². The Balaban J connectivity index is 0.772. The van der Waals surface area contributed by atoms with E-state index in [1.165, 1.54) is 18.3 Å². The Morgan fingerprint density at radius 1 is 0.764 bits per heavy atom. The maximum atomic E-state index is 14.9. The molecule has 3 atom stereocenters. The quantitative estimate of drug-likeness (QED) is 0.0225. The normalized spacial score (nSPS) is 15.6. The number of aromatic nitrogens is 2. The number of benzene rings is 2.